The molecule has 0 aliphatic carbocycles. The largest absolute Gasteiger partial charge is 0.434 e. The fourth-order valence-electron chi connectivity index (χ4n) is 1.78. The van der Waals surface area contributed by atoms with Crippen molar-refractivity contribution >= 4 is 11.6 Å². The van der Waals surface area contributed by atoms with Crippen LogP contribution in [0.4, 0.5) is 8.78 Å². The third-order valence-corrected chi connectivity index (χ3v) is 3.03. The van der Waals surface area contributed by atoms with Crippen molar-refractivity contribution in [1.29, 1.82) is 0 Å². The SMILES string of the molecule is FC(F)Oc1ccccc1C(Cl)Cc1ccncc1. The number of ether oxygens (including phenoxy) is 1. The number of pyridine rings is 1. The molecule has 0 N–H and O–H groups in total. The van der Waals surface area contributed by atoms with Crippen LogP contribution in [0.1, 0.15) is 16.5 Å². The van der Waals surface area contributed by atoms with Crippen LogP contribution < -0.4 is 4.74 Å². The van der Waals surface area contributed by atoms with Gasteiger partial charge in [-0.05, 0) is 30.2 Å². The van der Waals surface area contributed by atoms with Crippen LogP contribution in [-0.4, -0.2) is 11.6 Å². The third-order valence-electron chi connectivity index (χ3n) is 2.64. The summed E-state index contributed by atoms with van der Waals surface area (Å²) in [5, 5.41) is -0.433. The highest BCUT2D eigenvalue weighted by molar-refractivity contribution is 6.21. The van der Waals surface area contributed by atoms with E-state index < -0.39 is 12.0 Å². The van der Waals surface area contributed by atoms with Crippen LogP contribution >= 0.6 is 11.6 Å². The maximum absolute atomic E-state index is 12.3. The van der Waals surface area contributed by atoms with Crippen LogP contribution in [0.5, 0.6) is 5.75 Å². The minimum absolute atomic E-state index is 0.117. The maximum atomic E-state index is 12.3. The molecule has 2 aromatic rings. The molecule has 1 atom stereocenters. The molecule has 100 valence electrons. The molecular weight excluding hydrogens is 272 g/mol. The number of alkyl halides is 3. The molecule has 0 radical (unpaired) electrons. The van der Waals surface area contributed by atoms with Crippen LogP contribution in [0.25, 0.3) is 0 Å². The van der Waals surface area contributed by atoms with Gasteiger partial charge in [0.2, 0.25) is 0 Å². The number of hydrogen-bond donors (Lipinski definition) is 0. The van der Waals surface area contributed by atoms with Crippen molar-refractivity contribution in [3.63, 3.8) is 0 Å². The molecule has 0 aliphatic rings. The number of hydrogen-bond acceptors (Lipinski definition) is 2. The van der Waals surface area contributed by atoms with Gasteiger partial charge in [0.1, 0.15) is 5.75 Å². The fraction of sp³-hybridized carbons (Fsp3) is 0.214. The van der Waals surface area contributed by atoms with E-state index in [-0.39, 0.29) is 5.75 Å². The van der Waals surface area contributed by atoms with Gasteiger partial charge in [-0.2, -0.15) is 8.78 Å². The molecule has 0 saturated carbocycles. The number of benzene rings is 1. The van der Waals surface area contributed by atoms with Crippen molar-refractivity contribution in [2.75, 3.05) is 0 Å². The first kappa shape index (κ1) is 13.7. The number of rotatable bonds is 5. The van der Waals surface area contributed by atoms with Crippen molar-refractivity contribution in [2.45, 2.75) is 18.4 Å². The van der Waals surface area contributed by atoms with E-state index in [2.05, 4.69) is 9.72 Å². The minimum Gasteiger partial charge on any atom is -0.434 e. The molecule has 1 aromatic heterocycles. The Hall–Kier alpha value is -1.68. The lowest BCUT2D eigenvalue weighted by Gasteiger charge is -2.15. The summed E-state index contributed by atoms with van der Waals surface area (Å²) in [4.78, 5) is 3.92. The van der Waals surface area contributed by atoms with Crippen LogP contribution in [0.3, 0.4) is 0 Å². The third kappa shape index (κ3) is 3.89. The minimum atomic E-state index is -2.86. The highest BCUT2D eigenvalue weighted by atomic mass is 35.5. The lowest BCUT2D eigenvalue weighted by molar-refractivity contribution is -0.0504. The van der Waals surface area contributed by atoms with Crippen LogP contribution in [0, 0.1) is 0 Å². The normalized spacial score (nSPS) is 12.4. The zero-order chi connectivity index (χ0) is 13.7. The Morgan fingerprint density at radius 1 is 1.11 bits per heavy atom. The van der Waals surface area contributed by atoms with E-state index in [4.69, 9.17) is 11.6 Å². The monoisotopic (exact) mass is 283 g/mol. The topological polar surface area (TPSA) is 22.1 Å². The second-order valence-electron chi connectivity index (χ2n) is 3.94. The molecule has 0 fully saturated rings. The first-order valence-electron chi connectivity index (χ1n) is 5.73. The quantitative estimate of drug-likeness (QED) is 0.767. The van der Waals surface area contributed by atoms with Crippen LogP contribution in [0.2, 0.25) is 0 Å². The number of aromatic nitrogens is 1. The zero-order valence-corrected chi connectivity index (χ0v) is 10.7. The zero-order valence-electron chi connectivity index (χ0n) is 9.97. The van der Waals surface area contributed by atoms with Gasteiger partial charge >= 0.3 is 6.61 Å². The first-order chi connectivity index (χ1) is 9.16. The van der Waals surface area contributed by atoms with Gasteiger partial charge in [-0.3, -0.25) is 4.98 Å². The van der Waals surface area contributed by atoms with E-state index in [1.54, 1.807) is 30.6 Å². The Morgan fingerprint density at radius 3 is 2.47 bits per heavy atom. The van der Waals surface area contributed by atoms with Crippen molar-refractivity contribution in [2.24, 2.45) is 0 Å². The highest BCUT2D eigenvalue weighted by Gasteiger charge is 2.16. The molecule has 2 rings (SSSR count). The Bertz CT molecular complexity index is 522. The molecule has 0 amide bonds. The summed E-state index contributed by atoms with van der Waals surface area (Å²) in [5.74, 6) is 0.117. The average Bonchev–Trinajstić information content (AvgIpc) is 2.39. The summed E-state index contributed by atoms with van der Waals surface area (Å²) < 4.78 is 29.1. The summed E-state index contributed by atoms with van der Waals surface area (Å²) in [5.41, 5.74) is 1.54. The summed E-state index contributed by atoms with van der Waals surface area (Å²) in [6.07, 6.45) is 3.86. The second kappa shape index (κ2) is 6.48. The smallest absolute Gasteiger partial charge is 0.387 e. The van der Waals surface area contributed by atoms with Crippen LogP contribution in [0.15, 0.2) is 48.8 Å². The van der Waals surface area contributed by atoms with E-state index >= 15 is 0 Å². The van der Waals surface area contributed by atoms with Gasteiger partial charge in [-0.25, -0.2) is 0 Å². The molecule has 5 heteroatoms. The van der Waals surface area contributed by atoms with E-state index in [1.165, 1.54) is 6.07 Å². The Morgan fingerprint density at radius 2 is 1.79 bits per heavy atom. The Labute approximate surface area is 115 Å². The van der Waals surface area contributed by atoms with E-state index in [1.807, 2.05) is 12.1 Å². The number of para-hydroxylation sites is 1. The fourth-order valence-corrected chi connectivity index (χ4v) is 2.14. The molecule has 0 saturated heterocycles. The molecule has 1 unspecified atom stereocenters. The van der Waals surface area contributed by atoms with Gasteiger partial charge in [0.15, 0.2) is 0 Å². The predicted molar refractivity (Wildman–Crippen MR) is 69.6 cm³/mol. The average molecular weight is 284 g/mol. The molecule has 0 spiro atoms. The van der Waals surface area contributed by atoms with Crippen molar-refractivity contribution < 1.29 is 13.5 Å². The summed E-state index contributed by atoms with van der Waals surface area (Å²) in [7, 11) is 0. The van der Waals surface area contributed by atoms with Gasteiger partial charge in [0, 0.05) is 18.0 Å². The van der Waals surface area contributed by atoms with Gasteiger partial charge in [-0.1, -0.05) is 18.2 Å². The van der Waals surface area contributed by atoms with Crippen LogP contribution in [-0.2, 0) is 6.42 Å². The van der Waals surface area contributed by atoms with E-state index in [9.17, 15) is 8.78 Å². The van der Waals surface area contributed by atoms with Gasteiger partial charge < -0.3 is 4.74 Å². The number of nitrogens with zero attached hydrogens (tertiary/aromatic N) is 1. The second-order valence-corrected chi connectivity index (χ2v) is 4.47. The lowest BCUT2D eigenvalue weighted by atomic mass is 10.0. The first-order valence-corrected chi connectivity index (χ1v) is 6.17. The summed E-state index contributed by atoms with van der Waals surface area (Å²) in [6.45, 7) is -2.86. The van der Waals surface area contributed by atoms with Gasteiger partial charge in [-0.15, -0.1) is 11.6 Å². The molecule has 0 bridgehead atoms. The Balaban J connectivity index is 2.16. The van der Waals surface area contributed by atoms with Crippen molar-refractivity contribution in [3.05, 3.63) is 59.9 Å². The summed E-state index contributed by atoms with van der Waals surface area (Å²) in [6, 6.07) is 10.2. The van der Waals surface area contributed by atoms with Crippen molar-refractivity contribution in [1.82, 2.24) is 4.98 Å². The lowest BCUT2D eigenvalue weighted by Crippen LogP contribution is -2.06. The molecule has 2 nitrogen and oxygen atoms in total. The molecule has 0 aliphatic heterocycles. The standard InChI is InChI=1S/C14H12ClF2NO/c15-12(9-10-5-7-18-8-6-10)11-3-1-2-4-13(11)19-14(16)17/h1-8,12,14H,9H2. The highest BCUT2D eigenvalue weighted by Crippen LogP contribution is 2.32. The van der Waals surface area contributed by atoms with Gasteiger partial charge in [0.25, 0.3) is 0 Å². The molecule has 1 heterocycles. The predicted octanol–water partition coefficient (Wildman–Crippen LogP) is 4.21. The molecule has 19 heavy (non-hydrogen) atoms. The van der Waals surface area contributed by atoms with Gasteiger partial charge in [0.05, 0.1) is 5.38 Å². The number of halogens is 3. The summed E-state index contributed by atoms with van der Waals surface area (Å²) >= 11 is 6.28. The molecular formula is C14H12ClF2NO. The van der Waals surface area contributed by atoms with Crippen molar-refractivity contribution in [3.8, 4) is 5.75 Å². The molecule has 1 aromatic carbocycles. The van der Waals surface area contributed by atoms with E-state index in [0.29, 0.717) is 12.0 Å². The maximum Gasteiger partial charge on any atom is 0.387 e. The van der Waals surface area contributed by atoms with E-state index in [0.717, 1.165) is 5.56 Å². The Kier molecular flexibility index (Phi) is 4.68.